The van der Waals surface area contributed by atoms with Crippen molar-refractivity contribution in [1.29, 1.82) is 0 Å². The van der Waals surface area contributed by atoms with Gasteiger partial charge in [0.2, 0.25) is 0 Å². The third-order valence-electron chi connectivity index (χ3n) is 2.82. The third kappa shape index (κ3) is 3.11. The molecular weight excluding hydrogens is 273 g/mol. The van der Waals surface area contributed by atoms with Crippen molar-refractivity contribution >= 4 is 0 Å². The van der Waals surface area contributed by atoms with Gasteiger partial charge in [0.15, 0.2) is 0 Å². The zero-order valence-electron chi connectivity index (χ0n) is 10.6. The van der Waals surface area contributed by atoms with E-state index in [1.807, 2.05) is 0 Å². The number of aromatic nitrogens is 2. The van der Waals surface area contributed by atoms with Crippen molar-refractivity contribution in [2.24, 2.45) is 0 Å². The maximum atomic E-state index is 12.4. The maximum Gasteiger partial charge on any atom is 0.419 e. The van der Waals surface area contributed by atoms with Crippen LogP contribution in [0.25, 0.3) is 0 Å². The van der Waals surface area contributed by atoms with Crippen molar-refractivity contribution in [1.82, 2.24) is 9.78 Å². The summed E-state index contributed by atoms with van der Waals surface area (Å²) in [5.41, 5.74) is -0.344. The van der Waals surface area contributed by atoms with Crippen LogP contribution in [0.3, 0.4) is 0 Å². The number of hydrogen-bond acceptors (Lipinski definition) is 3. The summed E-state index contributed by atoms with van der Waals surface area (Å²) in [6.45, 7) is -0.0869. The lowest BCUT2D eigenvalue weighted by molar-refractivity contribution is -0.137. The molecule has 0 fully saturated rings. The zero-order valence-corrected chi connectivity index (χ0v) is 10.6. The van der Waals surface area contributed by atoms with Gasteiger partial charge in [-0.3, -0.25) is 4.68 Å². The number of aliphatic hydroxyl groups is 1. The van der Waals surface area contributed by atoms with E-state index in [0.29, 0.717) is 11.3 Å². The fourth-order valence-corrected chi connectivity index (χ4v) is 1.83. The molecule has 20 heavy (non-hydrogen) atoms. The second-order valence-electron chi connectivity index (χ2n) is 4.21. The Morgan fingerprint density at radius 3 is 2.65 bits per heavy atom. The molecular formula is C13H13F3N2O2. The molecule has 0 spiro atoms. The van der Waals surface area contributed by atoms with Crippen LogP contribution in [0.15, 0.2) is 36.7 Å². The number of nitrogens with zero attached hydrogens (tertiary/aromatic N) is 2. The highest BCUT2D eigenvalue weighted by molar-refractivity contribution is 5.34. The Kier molecular flexibility index (Phi) is 3.99. The number of rotatable bonds is 4. The van der Waals surface area contributed by atoms with Gasteiger partial charge in [-0.05, 0) is 6.07 Å². The van der Waals surface area contributed by atoms with E-state index >= 15 is 0 Å². The van der Waals surface area contributed by atoms with Gasteiger partial charge in [-0.25, -0.2) is 0 Å². The van der Waals surface area contributed by atoms with Crippen molar-refractivity contribution < 1.29 is 23.0 Å². The van der Waals surface area contributed by atoms with Crippen LogP contribution >= 0.6 is 0 Å². The smallest absolute Gasteiger partial charge is 0.419 e. The molecule has 2 rings (SSSR count). The minimum Gasteiger partial charge on any atom is -0.496 e. The van der Waals surface area contributed by atoms with Crippen LogP contribution in [0.5, 0.6) is 5.75 Å². The first kappa shape index (κ1) is 14.4. The van der Waals surface area contributed by atoms with Gasteiger partial charge in [-0.15, -0.1) is 0 Å². The minimum atomic E-state index is -4.44. The van der Waals surface area contributed by atoms with E-state index in [1.54, 1.807) is 24.3 Å². The molecule has 0 aliphatic carbocycles. The number of halogens is 3. The van der Waals surface area contributed by atoms with E-state index < -0.39 is 17.8 Å². The Labute approximate surface area is 113 Å². The lowest BCUT2D eigenvalue weighted by Crippen LogP contribution is -2.10. The Morgan fingerprint density at radius 2 is 2.05 bits per heavy atom. The molecule has 2 aromatic rings. The second-order valence-corrected chi connectivity index (χ2v) is 4.21. The fourth-order valence-electron chi connectivity index (χ4n) is 1.83. The van der Waals surface area contributed by atoms with Crippen molar-refractivity contribution in [3.63, 3.8) is 0 Å². The zero-order chi connectivity index (χ0) is 14.8. The molecule has 7 heteroatoms. The van der Waals surface area contributed by atoms with Crippen LogP contribution in [-0.4, -0.2) is 22.0 Å². The highest BCUT2D eigenvalue weighted by Gasteiger charge is 2.32. The average Bonchev–Trinajstić information content (AvgIpc) is 2.87. The number of hydrogen-bond donors (Lipinski definition) is 1. The highest BCUT2D eigenvalue weighted by Crippen LogP contribution is 2.29. The SMILES string of the molecule is COc1ccccc1C(O)Cn1cc(C(F)(F)F)cn1. The van der Waals surface area contributed by atoms with E-state index in [9.17, 15) is 18.3 Å². The van der Waals surface area contributed by atoms with Gasteiger partial charge in [0.1, 0.15) is 11.9 Å². The fraction of sp³-hybridized carbons (Fsp3) is 0.308. The van der Waals surface area contributed by atoms with Crippen LogP contribution in [0.2, 0.25) is 0 Å². The number of methoxy groups -OCH3 is 1. The van der Waals surface area contributed by atoms with E-state index in [1.165, 1.54) is 7.11 Å². The molecule has 108 valence electrons. The minimum absolute atomic E-state index is 0.0869. The van der Waals surface area contributed by atoms with Gasteiger partial charge in [0.25, 0.3) is 0 Å². The van der Waals surface area contributed by atoms with Crippen LogP contribution in [0.1, 0.15) is 17.2 Å². The van der Waals surface area contributed by atoms with Gasteiger partial charge < -0.3 is 9.84 Å². The summed E-state index contributed by atoms with van der Waals surface area (Å²) in [5.74, 6) is 0.475. The van der Waals surface area contributed by atoms with Crippen LogP contribution in [0, 0.1) is 0 Å². The van der Waals surface area contributed by atoms with Gasteiger partial charge in [-0.1, -0.05) is 18.2 Å². The van der Waals surface area contributed by atoms with E-state index in [4.69, 9.17) is 4.74 Å². The van der Waals surface area contributed by atoms with E-state index in [0.717, 1.165) is 17.1 Å². The summed E-state index contributed by atoms with van der Waals surface area (Å²) in [6.07, 6.45) is -3.85. The largest absolute Gasteiger partial charge is 0.496 e. The van der Waals surface area contributed by atoms with Crippen LogP contribution in [0.4, 0.5) is 13.2 Å². The predicted octanol–water partition coefficient (Wildman–Crippen LogP) is 2.64. The normalized spacial score (nSPS) is 13.2. The summed E-state index contributed by atoms with van der Waals surface area (Å²) in [6, 6.07) is 6.77. The quantitative estimate of drug-likeness (QED) is 0.940. The molecule has 1 aromatic carbocycles. The molecule has 0 saturated heterocycles. The first-order valence-electron chi connectivity index (χ1n) is 5.82. The highest BCUT2D eigenvalue weighted by atomic mass is 19.4. The molecule has 0 amide bonds. The van der Waals surface area contributed by atoms with E-state index in [2.05, 4.69) is 5.10 Å². The molecule has 4 nitrogen and oxygen atoms in total. The monoisotopic (exact) mass is 286 g/mol. The first-order valence-corrected chi connectivity index (χ1v) is 5.82. The maximum absolute atomic E-state index is 12.4. The second kappa shape index (κ2) is 5.54. The summed E-state index contributed by atoms with van der Waals surface area (Å²) >= 11 is 0. The number of benzene rings is 1. The first-order chi connectivity index (χ1) is 9.41. The number of aliphatic hydroxyl groups excluding tert-OH is 1. The molecule has 1 heterocycles. The molecule has 0 aliphatic rings. The summed E-state index contributed by atoms with van der Waals surface area (Å²) in [5, 5.41) is 13.7. The summed E-state index contributed by atoms with van der Waals surface area (Å²) in [4.78, 5) is 0. The van der Waals surface area contributed by atoms with E-state index in [-0.39, 0.29) is 6.54 Å². The molecule has 0 aliphatic heterocycles. The molecule has 0 bridgehead atoms. The van der Waals surface area contributed by atoms with Gasteiger partial charge in [0.05, 0.1) is 25.4 Å². The van der Waals surface area contributed by atoms with Crippen LogP contribution < -0.4 is 4.74 Å². The van der Waals surface area contributed by atoms with Crippen molar-refractivity contribution in [3.05, 3.63) is 47.8 Å². The Hall–Kier alpha value is -2.02. The van der Waals surface area contributed by atoms with Crippen molar-refractivity contribution in [3.8, 4) is 5.75 Å². The lowest BCUT2D eigenvalue weighted by Gasteiger charge is -2.14. The van der Waals surface area contributed by atoms with Gasteiger partial charge in [0, 0.05) is 11.8 Å². The van der Waals surface area contributed by atoms with Crippen LogP contribution in [-0.2, 0) is 12.7 Å². The van der Waals surface area contributed by atoms with Crippen molar-refractivity contribution in [2.75, 3.05) is 7.11 Å². The molecule has 1 N–H and O–H groups in total. The lowest BCUT2D eigenvalue weighted by atomic mass is 10.1. The molecule has 1 atom stereocenters. The standard InChI is InChI=1S/C13H13F3N2O2/c1-20-12-5-3-2-4-10(12)11(19)8-18-7-9(6-17-18)13(14,15)16/h2-7,11,19H,8H2,1H3. The summed E-state index contributed by atoms with van der Waals surface area (Å²) < 4.78 is 43.5. The molecule has 0 radical (unpaired) electrons. The predicted molar refractivity (Wildman–Crippen MR) is 65.2 cm³/mol. The topological polar surface area (TPSA) is 47.3 Å². The molecule has 0 saturated carbocycles. The summed E-state index contributed by atoms with van der Waals surface area (Å²) in [7, 11) is 1.46. The molecule has 1 unspecified atom stereocenters. The van der Waals surface area contributed by atoms with Gasteiger partial charge >= 0.3 is 6.18 Å². The third-order valence-corrected chi connectivity index (χ3v) is 2.82. The average molecular weight is 286 g/mol. The number of ether oxygens (including phenoxy) is 1. The Morgan fingerprint density at radius 1 is 1.35 bits per heavy atom. The Balaban J connectivity index is 2.15. The van der Waals surface area contributed by atoms with Crippen molar-refractivity contribution in [2.45, 2.75) is 18.8 Å². The number of alkyl halides is 3. The number of para-hydroxylation sites is 1. The molecule has 1 aromatic heterocycles. The Bertz CT molecular complexity index is 581. The van der Waals surface area contributed by atoms with Gasteiger partial charge in [-0.2, -0.15) is 18.3 Å².